The molecule has 1 aliphatic heterocycles. The Balaban J connectivity index is 1.84. The Morgan fingerprint density at radius 3 is 2.95 bits per heavy atom. The predicted octanol–water partition coefficient (Wildman–Crippen LogP) is 1.92. The molecule has 0 radical (unpaired) electrons. The molecule has 112 valence electrons. The smallest absolute Gasteiger partial charge is 0.232 e. The van der Waals surface area contributed by atoms with Crippen molar-refractivity contribution >= 4 is 28.7 Å². The normalized spacial score (nSPS) is 17.8. The number of carbonyl (C=O) groups is 2. The largest absolute Gasteiger partial charge is 0.288 e. The van der Waals surface area contributed by atoms with Crippen molar-refractivity contribution in [2.24, 2.45) is 0 Å². The van der Waals surface area contributed by atoms with Crippen molar-refractivity contribution in [3.8, 4) is 11.3 Å². The molecule has 1 atom stereocenters. The zero-order valence-electron chi connectivity index (χ0n) is 12.0. The molecule has 0 aliphatic carbocycles. The fourth-order valence-electron chi connectivity index (χ4n) is 2.34. The number of amides is 1. The highest BCUT2D eigenvalue weighted by atomic mass is 32.2. The van der Waals surface area contributed by atoms with Gasteiger partial charge in [-0.25, -0.2) is 9.97 Å². The molecule has 0 aromatic carbocycles. The molecule has 0 bridgehead atoms. The van der Waals surface area contributed by atoms with Gasteiger partial charge < -0.3 is 0 Å². The van der Waals surface area contributed by atoms with E-state index in [0.29, 0.717) is 24.6 Å². The lowest BCUT2D eigenvalue weighted by atomic mass is 10.2. The topological polar surface area (TPSA) is 76.1 Å². The standard InChI is InChI=1S/C15H14N4O2S/c1-10(20)22-12-7-14(21)19(9-12)15-17-6-4-13(18-15)11-3-2-5-16-8-11/h2-6,8,12H,7,9H2,1H3. The van der Waals surface area contributed by atoms with Crippen LogP contribution in [0.1, 0.15) is 13.3 Å². The van der Waals surface area contributed by atoms with Gasteiger partial charge in [-0.15, -0.1) is 0 Å². The highest BCUT2D eigenvalue weighted by Crippen LogP contribution is 2.27. The first-order chi connectivity index (χ1) is 10.6. The average molecular weight is 314 g/mol. The Hall–Kier alpha value is -2.28. The van der Waals surface area contributed by atoms with Crippen LogP contribution in [0.4, 0.5) is 5.95 Å². The monoisotopic (exact) mass is 314 g/mol. The molecular formula is C15H14N4O2S. The van der Waals surface area contributed by atoms with Crippen LogP contribution in [-0.2, 0) is 9.59 Å². The van der Waals surface area contributed by atoms with E-state index in [1.54, 1.807) is 29.6 Å². The van der Waals surface area contributed by atoms with E-state index < -0.39 is 0 Å². The molecule has 1 saturated heterocycles. The molecule has 2 aromatic rings. The van der Waals surface area contributed by atoms with Crippen LogP contribution in [0.2, 0.25) is 0 Å². The third-order valence-corrected chi connectivity index (χ3v) is 4.24. The van der Waals surface area contributed by atoms with Crippen LogP contribution in [0.25, 0.3) is 11.3 Å². The number of hydrogen-bond acceptors (Lipinski definition) is 6. The quantitative estimate of drug-likeness (QED) is 0.861. The first-order valence-electron chi connectivity index (χ1n) is 6.84. The zero-order chi connectivity index (χ0) is 15.5. The SMILES string of the molecule is CC(=O)SC1CC(=O)N(c2nccc(-c3cccnc3)n2)C1. The van der Waals surface area contributed by atoms with Crippen molar-refractivity contribution in [2.75, 3.05) is 11.4 Å². The minimum Gasteiger partial charge on any atom is -0.288 e. The second-order valence-corrected chi connectivity index (χ2v) is 6.40. The Morgan fingerprint density at radius 2 is 2.23 bits per heavy atom. The van der Waals surface area contributed by atoms with Crippen LogP contribution >= 0.6 is 11.8 Å². The molecular weight excluding hydrogens is 300 g/mol. The maximum Gasteiger partial charge on any atom is 0.232 e. The number of hydrogen-bond donors (Lipinski definition) is 0. The minimum atomic E-state index is -0.0536. The molecule has 22 heavy (non-hydrogen) atoms. The summed E-state index contributed by atoms with van der Waals surface area (Å²) in [5.41, 5.74) is 1.58. The highest BCUT2D eigenvalue weighted by Gasteiger charge is 2.33. The number of anilines is 1. The third-order valence-electron chi connectivity index (χ3n) is 3.26. The summed E-state index contributed by atoms with van der Waals surface area (Å²) in [7, 11) is 0. The van der Waals surface area contributed by atoms with Crippen molar-refractivity contribution < 1.29 is 9.59 Å². The van der Waals surface area contributed by atoms with Crippen LogP contribution in [0.3, 0.4) is 0 Å². The van der Waals surface area contributed by atoms with E-state index in [-0.39, 0.29) is 16.3 Å². The Morgan fingerprint density at radius 1 is 1.36 bits per heavy atom. The Labute approximate surface area is 132 Å². The first kappa shape index (κ1) is 14.6. The van der Waals surface area contributed by atoms with Crippen molar-refractivity contribution in [2.45, 2.75) is 18.6 Å². The van der Waals surface area contributed by atoms with Gasteiger partial charge in [-0.3, -0.25) is 19.5 Å². The molecule has 1 amide bonds. The van der Waals surface area contributed by atoms with Crippen molar-refractivity contribution in [3.05, 3.63) is 36.8 Å². The lowest BCUT2D eigenvalue weighted by Gasteiger charge is -2.14. The Bertz CT molecular complexity index is 708. The summed E-state index contributed by atoms with van der Waals surface area (Å²) in [6.07, 6.45) is 5.37. The van der Waals surface area contributed by atoms with Gasteiger partial charge in [0, 0.05) is 49.3 Å². The van der Waals surface area contributed by atoms with Crippen molar-refractivity contribution in [1.82, 2.24) is 15.0 Å². The van der Waals surface area contributed by atoms with Gasteiger partial charge in [0.15, 0.2) is 5.12 Å². The van der Waals surface area contributed by atoms with Gasteiger partial charge in [0.05, 0.1) is 5.69 Å². The molecule has 7 heteroatoms. The van der Waals surface area contributed by atoms with E-state index >= 15 is 0 Å². The molecule has 0 saturated carbocycles. The van der Waals surface area contributed by atoms with Gasteiger partial charge in [-0.1, -0.05) is 11.8 Å². The van der Waals surface area contributed by atoms with E-state index in [1.807, 2.05) is 12.1 Å². The molecule has 2 aromatic heterocycles. The van der Waals surface area contributed by atoms with Gasteiger partial charge in [0.2, 0.25) is 11.9 Å². The predicted molar refractivity (Wildman–Crippen MR) is 84.3 cm³/mol. The molecule has 3 heterocycles. The van der Waals surface area contributed by atoms with Crippen molar-refractivity contribution in [1.29, 1.82) is 0 Å². The lowest BCUT2D eigenvalue weighted by molar-refractivity contribution is -0.117. The first-order valence-corrected chi connectivity index (χ1v) is 7.72. The summed E-state index contributed by atoms with van der Waals surface area (Å²) in [4.78, 5) is 37.6. The fourth-order valence-corrected chi connectivity index (χ4v) is 3.25. The fraction of sp³-hybridized carbons (Fsp3) is 0.267. The van der Waals surface area contributed by atoms with Gasteiger partial charge in [0.25, 0.3) is 0 Å². The van der Waals surface area contributed by atoms with E-state index in [2.05, 4.69) is 15.0 Å². The second-order valence-electron chi connectivity index (χ2n) is 4.92. The second kappa shape index (κ2) is 6.23. The highest BCUT2D eigenvalue weighted by molar-refractivity contribution is 8.14. The zero-order valence-corrected chi connectivity index (χ0v) is 12.8. The van der Waals surface area contributed by atoms with Crippen molar-refractivity contribution in [3.63, 3.8) is 0 Å². The molecule has 6 nitrogen and oxygen atoms in total. The molecule has 3 rings (SSSR count). The minimum absolute atomic E-state index is 0.0182. The third kappa shape index (κ3) is 3.14. The molecule has 0 N–H and O–H groups in total. The van der Waals surface area contributed by atoms with Gasteiger partial charge in [-0.2, -0.15) is 0 Å². The van der Waals surface area contributed by atoms with E-state index in [0.717, 1.165) is 5.56 Å². The Kier molecular flexibility index (Phi) is 4.15. The number of carbonyl (C=O) groups excluding carboxylic acids is 2. The number of thioether (sulfide) groups is 1. The van der Waals surface area contributed by atoms with Gasteiger partial charge >= 0.3 is 0 Å². The summed E-state index contributed by atoms with van der Waals surface area (Å²) in [6.45, 7) is 1.97. The number of pyridine rings is 1. The molecule has 1 unspecified atom stereocenters. The lowest BCUT2D eigenvalue weighted by Crippen LogP contribution is -2.27. The number of rotatable bonds is 3. The molecule has 0 spiro atoms. The van der Waals surface area contributed by atoms with Crippen LogP contribution in [0.5, 0.6) is 0 Å². The van der Waals surface area contributed by atoms with E-state index in [9.17, 15) is 9.59 Å². The summed E-state index contributed by atoms with van der Waals surface area (Å²) in [5.74, 6) is 0.320. The van der Waals surface area contributed by atoms with Crippen LogP contribution in [0.15, 0.2) is 36.8 Å². The van der Waals surface area contributed by atoms with E-state index in [4.69, 9.17) is 0 Å². The summed E-state index contributed by atoms with van der Waals surface area (Å²) in [5, 5.41) is -0.0136. The van der Waals surface area contributed by atoms with Crippen LogP contribution in [-0.4, -0.2) is 37.8 Å². The number of aromatic nitrogens is 3. The van der Waals surface area contributed by atoms with E-state index in [1.165, 1.54) is 18.7 Å². The maximum atomic E-state index is 12.1. The maximum absolute atomic E-state index is 12.1. The average Bonchev–Trinajstić information content (AvgIpc) is 2.88. The summed E-state index contributed by atoms with van der Waals surface area (Å²) >= 11 is 1.20. The van der Waals surface area contributed by atoms with Crippen LogP contribution < -0.4 is 4.90 Å². The summed E-state index contributed by atoms with van der Waals surface area (Å²) < 4.78 is 0. The summed E-state index contributed by atoms with van der Waals surface area (Å²) in [6, 6.07) is 5.51. The van der Waals surface area contributed by atoms with Crippen LogP contribution in [0, 0.1) is 0 Å². The molecule has 1 aliphatic rings. The van der Waals surface area contributed by atoms with Gasteiger partial charge in [-0.05, 0) is 18.2 Å². The molecule has 1 fully saturated rings. The number of nitrogens with zero attached hydrogens (tertiary/aromatic N) is 4. The van der Waals surface area contributed by atoms with Gasteiger partial charge in [0.1, 0.15) is 0 Å².